The molecule has 0 spiro atoms. The highest BCUT2D eigenvalue weighted by Gasteiger charge is 2.52. The van der Waals surface area contributed by atoms with Crippen LogP contribution in [0.4, 0.5) is 17.6 Å². The van der Waals surface area contributed by atoms with Crippen LogP contribution < -0.4 is 10.1 Å². The van der Waals surface area contributed by atoms with E-state index in [4.69, 9.17) is 4.74 Å². The number of alkyl halides is 3. The summed E-state index contributed by atoms with van der Waals surface area (Å²) in [7, 11) is 0. The van der Waals surface area contributed by atoms with Gasteiger partial charge in [0.15, 0.2) is 0 Å². The zero-order valence-corrected chi connectivity index (χ0v) is 19.8. The largest absolute Gasteiger partial charge is 0.489 e. The van der Waals surface area contributed by atoms with Crippen LogP contribution in [-0.2, 0) is 22.9 Å². The molecule has 1 amide bonds. The number of hydrogen-bond acceptors (Lipinski definition) is 3. The molecular weight excluding hydrogens is 460 g/mol. The second-order valence-corrected chi connectivity index (χ2v) is 9.76. The summed E-state index contributed by atoms with van der Waals surface area (Å²) >= 11 is 0. The summed E-state index contributed by atoms with van der Waals surface area (Å²) in [5.74, 6) is 0.613. The van der Waals surface area contributed by atoms with Crippen molar-refractivity contribution in [3.63, 3.8) is 0 Å². The molecule has 3 aliphatic rings. The van der Waals surface area contributed by atoms with Crippen LogP contribution in [0.25, 0.3) is 0 Å². The number of carbonyl (C=O) groups is 1. The molecule has 2 bridgehead atoms. The Hall–Kier alpha value is -2.90. The van der Waals surface area contributed by atoms with Gasteiger partial charge in [-0.3, -0.25) is 9.78 Å². The van der Waals surface area contributed by atoms with Gasteiger partial charge in [0.2, 0.25) is 5.91 Å². The van der Waals surface area contributed by atoms with Gasteiger partial charge >= 0.3 is 6.18 Å². The van der Waals surface area contributed by atoms with Gasteiger partial charge in [0.05, 0.1) is 11.9 Å². The average molecular weight is 491 g/mol. The van der Waals surface area contributed by atoms with Crippen LogP contribution in [0.1, 0.15) is 68.6 Å². The van der Waals surface area contributed by atoms with Crippen LogP contribution in [0.2, 0.25) is 0 Å². The van der Waals surface area contributed by atoms with E-state index in [1.54, 1.807) is 0 Å². The van der Waals surface area contributed by atoms with Crippen molar-refractivity contribution in [1.29, 1.82) is 0 Å². The first-order valence-electron chi connectivity index (χ1n) is 12.0. The molecule has 5 rings (SSSR count). The quantitative estimate of drug-likeness (QED) is 0.422. The van der Waals surface area contributed by atoms with E-state index in [1.807, 2.05) is 19.1 Å². The molecular formula is C27H30F4N2O2. The van der Waals surface area contributed by atoms with E-state index in [1.165, 1.54) is 11.8 Å². The molecule has 1 aromatic heterocycles. The molecule has 0 unspecified atom stereocenters. The summed E-state index contributed by atoms with van der Waals surface area (Å²) in [5.41, 5.74) is 0.912. The third kappa shape index (κ3) is 5.36. The fourth-order valence-electron chi connectivity index (χ4n) is 5.36. The Morgan fingerprint density at radius 2 is 1.74 bits per heavy atom. The predicted molar refractivity (Wildman–Crippen MR) is 124 cm³/mol. The lowest BCUT2D eigenvalue weighted by Crippen LogP contribution is -2.51. The lowest BCUT2D eigenvalue weighted by molar-refractivity contribution is -0.138. The first-order chi connectivity index (χ1) is 16.7. The lowest BCUT2D eigenvalue weighted by Gasteiger charge is -2.52. The van der Waals surface area contributed by atoms with Crippen molar-refractivity contribution in [1.82, 2.24) is 10.3 Å². The summed E-state index contributed by atoms with van der Waals surface area (Å²) in [6.07, 6.45) is 3.77. The van der Waals surface area contributed by atoms with Crippen molar-refractivity contribution in [2.75, 3.05) is 6.61 Å². The van der Waals surface area contributed by atoms with E-state index in [9.17, 15) is 22.4 Å². The summed E-state index contributed by atoms with van der Waals surface area (Å²) in [6.45, 7) is 2.14. The third-order valence-corrected chi connectivity index (χ3v) is 7.80. The average Bonchev–Trinajstić information content (AvgIpc) is 2.89. The Kier molecular flexibility index (Phi) is 7.20. The van der Waals surface area contributed by atoms with Crippen LogP contribution in [0.15, 0.2) is 54.6 Å². The van der Waals surface area contributed by atoms with Gasteiger partial charge in [0, 0.05) is 24.4 Å². The molecule has 188 valence electrons. The van der Waals surface area contributed by atoms with Gasteiger partial charge in [0.1, 0.15) is 12.4 Å². The highest BCUT2D eigenvalue weighted by molar-refractivity contribution is 5.83. The second-order valence-electron chi connectivity index (χ2n) is 9.76. The molecule has 1 heterocycles. The van der Waals surface area contributed by atoms with E-state index in [2.05, 4.69) is 22.4 Å². The Labute approximate surface area is 202 Å². The predicted octanol–water partition coefficient (Wildman–Crippen LogP) is 6.65. The van der Waals surface area contributed by atoms with E-state index in [0.717, 1.165) is 50.8 Å². The number of pyridine rings is 1. The normalized spacial score (nSPS) is 24.3. The second kappa shape index (κ2) is 9.99. The third-order valence-electron chi connectivity index (χ3n) is 7.80. The van der Waals surface area contributed by atoms with E-state index in [-0.39, 0.29) is 24.5 Å². The topological polar surface area (TPSA) is 51.2 Å². The summed E-state index contributed by atoms with van der Waals surface area (Å²) in [4.78, 5) is 16.8. The van der Waals surface area contributed by atoms with Crippen LogP contribution in [-0.4, -0.2) is 17.5 Å². The molecule has 0 saturated heterocycles. The Bertz CT molecular complexity index is 1050. The molecule has 8 heteroatoms. The van der Waals surface area contributed by atoms with Gasteiger partial charge in [-0.2, -0.15) is 13.2 Å². The number of hydrogen-bond donors (Lipinski definition) is 1. The van der Waals surface area contributed by atoms with Gasteiger partial charge < -0.3 is 10.1 Å². The standard InChI is InChI=1S/C27H30F4N2O2/c1-2-19(14-28)18-35-23-5-3-21(4-6-23)25-7-10-26(11-8-25,12-9-25)24(34)33-16-20-13-22(17-32-15-20)27(29,30)31/h3-6,13-15,17H,2,7-12,16,18H2,1H3,(H,33,34)/b19-14+. The maximum Gasteiger partial charge on any atom is 0.417 e. The van der Waals surface area contributed by atoms with Gasteiger partial charge in [-0.25, -0.2) is 4.39 Å². The van der Waals surface area contributed by atoms with Gasteiger partial charge in [-0.15, -0.1) is 0 Å². The van der Waals surface area contributed by atoms with Gasteiger partial charge in [-0.1, -0.05) is 19.1 Å². The number of rotatable bonds is 8. The number of carbonyl (C=O) groups excluding carboxylic acids is 1. The first kappa shape index (κ1) is 25.2. The number of nitrogens with one attached hydrogen (secondary N) is 1. The van der Waals surface area contributed by atoms with E-state index in [0.29, 0.717) is 29.6 Å². The highest BCUT2D eigenvalue weighted by atomic mass is 19.4. The molecule has 4 nitrogen and oxygen atoms in total. The SMILES string of the molecule is CC/C(=C\F)COc1ccc(C23CCC(C(=O)NCc4cncc(C(F)(F)F)c4)(CC2)CC3)cc1. The Morgan fingerprint density at radius 1 is 1.09 bits per heavy atom. The number of halogens is 4. The molecule has 0 aliphatic heterocycles. The van der Waals surface area contributed by atoms with Crippen molar-refractivity contribution in [2.24, 2.45) is 5.41 Å². The monoisotopic (exact) mass is 490 g/mol. The van der Waals surface area contributed by atoms with E-state index >= 15 is 0 Å². The van der Waals surface area contributed by atoms with Crippen molar-refractivity contribution in [2.45, 2.75) is 70.0 Å². The minimum atomic E-state index is -4.46. The fraction of sp³-hybridized carbons (Fsp3) is 0.481. The number of amides is 1. The number of nitrogens with zero attached hydrogens (tertiary/aromatic N) is 1. The van der Waals surface area contributed by atoms with Gasteiger partial charge in [0.25, 0.3) is 0 Å². The van der Waals surface area contributed by atoms with Crippen LogP contribution >= 0.6 is 0 Å². The van der Waals surface area contributed by atoms with Crippen molar-refractivity contribution < 1.29 is 27.1 Å². The van der Waals surface area contributed by atoms with Crippen LogP contribution in [0.3, 0.4) is 0 Å². The van der Waals surface area contributed by atoms with Crippen LogP contribution in [0.5, 0.6) is 5.75 Å². The number of ether oxygens (including phenoxy) is 1. The molecule has 1 aromatic carbocycles. The zero-order valence-electron chi connectivity index (χ0n) is 19.8. The molecule has 3 saturated carbocycles. The Balaban J connectivity index is 1.35. The molecule has 2 aromatic rings. The van der Waals surface area contributed by atoms with Crippen molar-refractivity contribution in [3.05, 3.63) is 71.3 Å². The minimum Gasteiger partial charge on any atom is -0.489 e. The smallest absolute Gasteiger partial charge is 0.417 e. The van der Waals surface area contributed by atoms with Crippen molar-refractivity contribution >= 4 is 5.91 Å². The molecule has 3 fully saturated rings. The highest BCUT2D eigenvalue weighted by Crippen LogP contribution is 2.58. The van der Waals surface area contributed by atoms with E-state index < -0.39 is 17.2 Å². The first-order valence-corrected chi connectivity index (χ1v) is 12.0. The summed E-state index contributed by atoms with van der Waals surface area (Å²) < 4.78 is 57.2. The summed E-state index contributed by atoms with van der Waals surface area (Å²) in [5, 5.41) is 2.86. The van der Waals surface area contributed by atoms with Crippen molar-refractivity contribution in [3.8, 4) is 5.75 Å². The molecule has 0 atom stereocenters. The Morgan fingerprint density at radius 3 is 2.31 bits per heavy atom. The van der Waals surface area contributed by atoms with Crippen LogP contribution in [0, 0.1) is 5.41 Å². The molecule has 0 radical (unpaired) electrons. The van der Waals surface area contributed by atoms with Gasteiger partial charge in [-0.05, 0) is 85.3 Å². The number of fused-ring (bicyclic) bond motifs is 3. The number of aromatic nitrogens is 1. The fourth-order valence-corrected chi connectivity index (χ4v) is 5.36. The lowest BCUT2D eigenvalue weighted by atomic mass is 9.51. The molecule has 1 N–H and O–H groups in total. The zero-order chi connectivity index (χ0) is 25.1. The minimum absolute atomic E-state index is 0.0267. The maximum absolute atomic E-state index is 13.1. The molecule has 35 heavy (non-hydrogen) atoms. The summed E-state index contributed by atoms with van der Waals surface area (Å²) in [6, 6.07) is 9.00. The number of benzene rings is 1. The maximum atomic E-state index is 13.1. The molecule has 3 aliphatic carbocycles.